The van der Waals surface area contributed by atoms with Gasteiger partial charge in [0.1, 0.15) is 0 Å². The highest BCUT2D eigenvalue weighted by Gasteiger charge is 2.16. The molecule has 1 aliphatic carbocycles. The van der Waals surface area contributed by atoms with Crippen LogP contribution in [0.25, 0.3) is 11.0 Å². The van der Waals surface area contributed by atoms with Crippen LogP contribution in [0.1, 0.15) is 22.0 Å². The molecule has 2 N–H and O–H groups in total. The molecule has 0 atom stereocenters. The number of benzene rings is 1. The van der Waals surface area contributed by atoms with Crippen molar-refractivity contribution in [1.29, 1.82) is 0 Å². The van der Waals surface area contributed by atoms with Crippen LogP contribution in [-0.2, 0) is 33.4 Å². The lowest BCUT2D eigenvalue weighted by Crippen LogP contribution is -2.30. The van der Waals surface area contributed by atoms with Crippen molar-refractivity contribution < 1.29 is 4.79 Å². The summed E-state index contributed by atoms with van der Waals surface area (Å²) in [4.78, 5) is 30.1. The maximum absolute atomic E-state index is 12.1. The van der Waals surface area contributed by atoms with E-state index in [0.717, 1.165) is 35.3 Å². The number of carbonyl (C=O) groups excluding carboxylic acids is 1. The number of urea groups is 1. The summed E-state index contributed by atoms with van der Waals surface area (Å²) in [5.41, 5.74) is 3.44. The zero-order chi connectivity index (χ0) is 18.3. The van der Waals surface area contributed by atoms with E-state index >= 15 is 0 Å². The van der Waals surface area contributed by atoms with Crippen LogP contribution in [0.2, 0.25) is 0 Å². The van der Waals surface area contributed by atoms with Gasteiger partial charge in [0.05, 0.1) is 21.7 Å². The van der Waals surface area contributed by atoms with E-state index in [1.807, 2.05) is 12.1 Å². The SMILES string of the molecule is Cn1c(=O)n(C)c2cc(NC(=O)NCCc3nc4c(s3)CCC4)ccc21. The minimum absolute atomic E-state index is 0.0862. The Labute approximate surface area is 154 Å². The van der Waals surface area contributed by atoms with Gasteiger partial charge in [0.15, 0.2) is 0 Å². The minimum atomic E-state index is -0.255. The first-order valence-electron chi connectivity index (χ1n) is 8.70. The maximum atomic E-state index is 12.1. The number of hydrogen-bond donors (Lipinski definition) is 2. The van der Waals surface area contributed by atoms with Crippen molar-refractivity contribution in [1.82, 2.24) is 19.4 Å². The molecule has 1 aromatic carbocycles. The summed E-state index contributed by atoms with van der Waals surface area (Å²) in [6, 6.07) is 5.19. The van der Waals surface area contributed by atoms with Gasteiger partial charge in [0, 0.05) is 37.6 Å². The number of aromatic nitrogens is 3. The molecule has 0 bridgehead atoms. The molecule has 0 saturated carbocycles. The molecular formula is C18H21N5O2S. The van der Waals surface area contributed by atoms with Crippen molar-refractivity contribution in [2.75, 3.05) is 11.9 Å². The molecular weight excluding hydrogens is 350 g/mol. The van der Waals surface area contributed by atoms with Gasteiger partial charge in [-0.15, -0.1) is 11.3 Å². The Morgan fingerprint density at radius 1 is 1.23 bits per heavy atom. The second-order valence-corrected chi connectivity index (χ2v) is 7.73. The molecule has 3 aromatic rings. The van der Waals surface area contributed by atoms with E-state index in [2.05, 4.69) is 15.6 Å². The normalized spacial score (nSPS) is 13.2. The Bertz CT molecular complexity index is 1020. The molecule has 0 radical (unpaired) electrons. The third kappa shape index (κ3) is 3.01. The quantitative estimate of drug-likeness (QED) is 0.738. The van der Waals surface area contributed by atoms with E-state index in [0.29, 0.717) is 12.2 Å². The lowest BCUT2D eigenvalue weighted by atomic mass is 10.2. The molecule has 0 fully saturated rings. The first kappa shape index (κ1) is 16.8. The number of aryl methyl sites for hydroxylation is 4. The Hall–Kier alpha value is -2.61. The first-order valence-corrected chi connectivity index (χ1v) is 9.52. The van der Waals surface area contributed by atoms with Gasteiger partial charge in [0.25, 0.3) is 0 Å². The lowest BCUT2D eigenvalue weighted by Gasteiger charge is -2.07. The van der Waals surface area contributed by atoms with Crippen molar-refractivity contribution in [2.24, 2.45) is 14.1 Å². The average molecular weight is 371 g/mol. The molecule has 4 rings (SSSR count). The molecule has 7 nitrogen and oxygen atoms in total. The molecule has 0 saturated heterocycles. The van der Waals surface area contributed by atoms with Crippen molar-refractivity contribution in [3.63, 3.8) is 0 Å². The third-order valence-corrected chi connectivity index (χ3v) is 6.01. The number of rotatable bonds is 4. The number of amides is 2. The largest absolute Gasteiger partial charge is 0.337 e. The summed E-state index contributed by atoms with van der Waals surface area (Å²) in [5, 5.41) is 6.78. The molecule has 0 spiro atoms. The van der Waals surface area contributed by atoms with Crippen molar-refractivity contribution in [3.05, 3.63) is 44.3 Å². The molecule has 26 heavy (non-hydrogen) atoms. The summed E-state index contributed by atoms with van der Waals surface area (Å²) in [5.74, 6) is 0. The van der Waals surface area contributed by atoms with Gasteiger partial charge < -0.3 is 10.6 Å². The first-order chi connectivity index (χ1) is 12.5. The fourth-order valence-electron chi connectivity index (χ4n) is 3.39. The van der Waals surface area contributed by atoms with Gasteiger partial charge in [-0.25, -0.2) is 14.6 Å². The second-order valence-electron chi connectivity index (χ2n) is 6.57. The van der Waals surface area contributed by atoms with Gasteiger partial charge >= 0.3 is 11.7 Å². The molecule has 2 amide bonds. The smallest absolute Gasteiger partial charge is 0.328 e. The topological polar surface area (TPSA) is 81.0 Å². The minimum Gasteiger partial charge on any atom is -0.337 e. The fourth-order valence-corrected chi connectivity index (χ4v) is 4.55. The van der Waals surface area contributed by atoms with E-state index in [4.69, 9.17) is 0 Å². The zero-order valence-electron chi connectivity index (χ0n) is 14.8. The number of nitrogens with one attached hydrogen (secondary N) is 2. The molecule has 2 aromatic heterocycles. The van der Waals surface area contributed by atoms with Crippen LogP contribution in [0.15, 0.2) is 23.0 Å². The van der Waals surface area contributed by atoms with Crippen LogP contribution in [0.3, 0.4) is 0 Å². The van der Waals surface area contributed by atoms with Crippen molar-refractivity contribution in [3.8, 4) is 0 Å². The van der Waals surface area contributed by atoms with Crippen LogP contribution in [0.5, 0.6) is 0 Å². The number of imidazole rings is 1. The number of hydrogen-bond acceptors (Lipinski definition) is 4. The number of fused-ring (bicyclic) bond motifs is 2. The van der Waals surface area contributed by atoms with Crippen LogP contribution in [0.4, 0.5) is 10.5 Å². The molecule has 8 heteroatoms. The molecule has 2 heterocycles. The molecule has 0 aliphatic heterocycles. The lowest BCUT2D eigenvalue weighted by molar-refractivity contribution is 0.252. The molecule has 1 aliphatic rings. The highest BCUT2D eigenvalue weighted by Crippen LogP contribution is 2.27. The summed E-state index contributed by atoms with van der Waals surface area (Å²) in [6.07, 6.45) is 4.19. The summed E-state index contributed by atoms with van der Waals surface area (Å²) in [7, 11) is 3.46. The Kier molecular flexibility index (Phi) is 4.28. The van der Waals surface area contributed by atoms with Gasteiger partial charge in [-0.2, -0.15) is 0 Å². The number of carbonyl (C=O) groups is 1. The summed E-state index contributed by atoms with van der Waals surface area (Å²) in [6.45, 7) is 0.546. The van der Waals surface area contributed by atoms with E-state index in [-0.39, 0.29) is 11.7 Å². The number of anilines is 1. The molecule has 0 unspecified atom stereocenters. The van der Waals surface area contributed by atoms with E-state index in [9.17, 15) is 9.59 Å². The fraction of sp³-hybridized carbons (Fsp3) is 0.389. The summed E-state index contributed by atoms with van der Waals surface area (Å²) < 4.78 is 3.16. The highest BCUT2D eigenvalue weighted by atomic mass is 32.1. The van der Waals surface area contributed by atoms with Crippen LogP contribution in [0, 0.1) is 0 Å². The van der Waals surface area contributed by atoms with E-state index < -0.39 is 0 Å². The average Bonchev–Trinajstić information content (AvgIpc) is 3.26. The number of thiazole rings is 1. The highest BCUT2D eigenvalue weighted by molar-refractivity contribution is 7.11. The second kappa shape index (κ2) is 6.60. The van der Waals surface area contributed by atoms with E-state index in [1.54, 1.807) is 40.6 Å². The van der Waals surface area contributed by atoms with Gasteiger partial charge in [-0.1, -0.05) is 0 Å². The zero-order valence-corrected chi connectivity index (χ0v) is 15.7. The number of nitrogens with zero attached hydrogens (tertiary/aromatic N) is 3. The van der Waals surface area contributed by atoms with Crippen molar-refractivity contribution in [2.45, 2.75) is 25.7 Å². The third-order valence-electron chi connectivity index (χ3n) is 4.79. The van der Waals surface area contributed by atoms with Crippen LogP contribution < -0.4 is 16.3 Å². The predicted molar refractivity (Wildman–Crippen MR) is 103 cm³/mol. The Morgan fingerprint density at radius 2 is 2.04 bits per heavy atom. The standard InChI is InChI=1S/C18H21N5O2S/c1-22-13-7-6-11(10-14(13)23(2)18(22)25)20-17(24)19-9-8-16-21-12-4-3-5-15(12)26-16/h6-7,10H,3-5,8-9H2,1-2H3,(H2,19,20,24). The van der Waals surface area contributed by atoms with Crippen LogP contribution >= 0.6 is 11.3 Å². The Morgan fingerprint density at radius 3 is 2.85 bits per heavy atom. The summed E-state index contributed by atoms with van der Waals surface area (Å²) >= 11 is 1.77. The van der Waals surface area contributed by atoms with Gasteiger partial charge in [0.2, 0.25) is 0 Å². The van der Waals surface area contributed by atoms with E-state index in [1.165, 1.54) is 17.0 Å². The van der Waals surface area contributed by atoms with Gasteiger partial charge in [-0.05, 0) is 37.5 Å². The maximum Gasteiger partial charge on any atom is 0.328 e. The molecule has 136 valence electrons. The predicted octanol–water partition coefficient (Wildman–Crippen LogP) is 2.19. The monoisotopic (exact) mass is 371 g/mol. The Balaban J connectivity index is 1.36. The van der Waals surface area contributed by atoms with Gasteiger partial charge in [-0.3, -0.25) is 9.13 Å². The van der Waals surface area contributed by atoms with Crippen molar-refractivity contribution >= 4 is 34.1 Å². The van der Waals surface area contributed by atoms with Crippen LogP contribution in [-0.4, -0.2) is 26.7 Å².